The molecule has 0 radical (unpaired) electrons. The van der Waals surface area contributed by atoms with Crippen LogP contribution in [0.25, 0.3) is 10.1 Å². The third-order valence-electron chi connectivity index (χ3n) is 4.29. The second-order valence-corrected chi connectivity index (χ2v) is 10.4. The van der Waals surface area contributed by atoms with Crippen LogP contribution in [0.2, 0.25) is 0 Å². The molecule has 1 amide bonds. The molecule has 142 valence electrons. The normalized spacial score (nSPS) is 21.7. The van der Waals surface area contributed by atoms with Gasteiger partial charge in [0.15, 0.2) is 5.91 Å². The van der Waals surface area contributed by atoms with Gasteiger partial charge in [0.05, 0.1) is 25.0 Å². The summed E-state index contributed by atoms with van der Waals surface area (Å²) in [6, 6.07) is 3.14. The Kier molecular flexibility index (Phi) is 6.67. The van der Waals surface area contributed by atoms with E-state index in [9.17, 15) is 13.4 Å². The SMILES string of the molecule is NC(=O)c1cc(OCCC2CCCS2=O)c2sc(C(F)PO)c(Br)c2c1. The molecular formula is C16H18BrFNO4PS2. The first kappa shape index (κ1) is 20.1. The van der Waals surface area contributed by atoms with Gasteiger partial charge in [-0.05, 0) is 47.3 Å². The lowest BCUT2D eigenvalue weighted by Crippen LogP contribution is -2.14. The second kappa shape index (κ2) is 8.61. The minimum Gasteiger partial charge on any atom is -0.492 e. The molecule has 2 heterocycles. The molecule has 0 spiro atoms. The summed E-state index contributed by atoms with van der Waals surface area (Å²) in [6.45, 7) is 0.360. The zero-order chi connectivity index (χ0) is 18.8. The number of ether oxygens (including phenoxy) is 1. The number of hydrogen-bond donors (Lipinski definition) is 2. The van der Waals surface area contributed by atoms with Crippen LogP contribution in [0.1, 0.15) is 40.4 Å². The zero-order valence-corrected chi connectivity index (χ0v) is 17.9. The Morgan fingerprint density at radius 1 is 1.58 bits per heavy atom. The van der Waals surface area contributed by atoms with Crippen molar-refractivity contribution in [3.63, 3.8) is 0 Å². The van der Waals surface area contributed by atoms with Crippen LogP contribution in [0.5, 0.6) is 5.75 Å². The number of primary amides is 1. The summed E-state index contributed by atoms with van der Waals surface area (Å²) in [7, 11) is -1.67. The molecule has 5 nitrogen and oxygen atoms in total. The quantitative estimate of drug-likeness (QED) is 0.584. The molecule has 1 saturated heterocycles. The predicted molar refractivity (Wildman–Crippen MR) is 109 cm³/mol. The van der Waals surface area contributed by atoms with E-state index in [0.717, 1.165) is 18.6 Å². The third-order valence-corrected chi connectivity index (χ3v) is 9.29. The summed E-state index contributed by atoms with van der Waals surface area (Å²) in [4.78, 5) is 21.1. The molecule has 1 aromatic heterocycles. The molecule has 0 bridgehead atoms. The van der Waals surface area contributed by atoms with E-state index >= 15 is 0 Å². The Morgan fingerprint density at radius 3 is 2.96 bits per heavy atom. The molecular weight excluding hydrogens is 464 g/mol. The van der Waals surface area contributed by atoms with Crippen molar-refractivity contribution in [3.8, 4) is 5.75 Å². The molecule has 26 heavy (non-hydrogen) atoms. The first-order valence-corrected chi connectivity index (χ1v) is 12.0. The number of benzene rings is 1. The highest BCUT2D eigenvalue weighted by Gasteiger charge is 2.24. The Bertz CT molecular complexity index is 862. The van der Waals surface area contributed by atoms with Gasteiger partial charge in [-0.3, -0.25) is 9.00 Å². The average molecular weight is 482 g/mol. The lowest BCUT2D eigenvalue weighted by molar-refractivity contribution is 0.1000. The third kappa shape index (κ3) is 4.12. The van der Waals surface area contributed by atoms with Gasteiger partial charge in [0.25, 0.3) is 0 Å². The van der Waals surface area contributed by atoms with Crippen LogP contribution >= 0.6 is 36.1 Å². The number of hydrogen-bond acceptors (Lipinski definition) is 5. The van der Waals surface area contributed by atoms with Crippen molar-refractivity contribution in [2.75, 3.05) is 12.4 Å². The number of nitrogens with two attached hydrogens (primary N) is 1. The summed E-state index contributed by atoms with van der Waals surface area (Å²) in [5.74, 6) is -0.903. The number of amides is 1. The minimum absolute atomic E-state index is 0.140. The molecule has 10 heteroatoms. The topological polar surface area (TPSA) is 89.6 Å². The van der Waals surface area contributed by atoms with Crippen molar-refractivity contribution in [1.82, 2.24) is 0 Å². The monoisotopic (exact) mass is 481 g/mol. The summed E-state index contributed by atoms with van der Waals surface area (Å²) in [5.41, 5.74) is 5.67. The van der Waals surface area contributed by atoms with Crippen LogP contribution in [0.15, 0.2) is 16.6 Å². The number of rotatable bonds is 7. The van der Waals surface area contributed by atoms with E-state index in [-0.39, 0.29) is 10.8 Å². The molecule has 0 aliphatic carbocycles. The maximum Gasteiger partial charge on any atom is 0.248 e. The first-order valence-electron chi connectivity index (χ1n) is 8.01. The number of fused-ring (bicyclic) bond motifs is 1. The van der Waals surface area contributed by atoms with Gasteiger partial charge < -0.3 is 15.4 Å². The Morgan fingerprint density at radius 2 is 2.35 bits per heavy atom. The number of halogens is 2. The van der Waals surface area contributed by atoms with Crippen LogP contribution in [-0.4, -0.2) is 32.6 Å². The first-order chi connectivity index (χ1) is 12.4. The van der Waals surface area contributed by atoms with Gasteiger partial charge >= 0.3 is 0 Å². The summed E-state index contributed by atoms with van der Waals surface area (Å²) < 4.78 is 32.9. The standard InChI is InChI=1S/C16H18BrFNO4PS2/c17-12-10-6-8(16(19)20)7-11(13(10)25-14(12)15(18)24-21)23-4-3-9-2-1-5-26(9)22/h6-7,9,15,21,24H,1-5H2,(H2,19,20). The van der Waals surface area contributed by atoms with Gasteiger partial charge in [0.1, 0.15) is 5.75 Å². The maximum atomic E-state index is 14.0. The Hall–Kier alpha value is -0.600. The van der Waals surface area contributed by atoms with Gasteiger partial charge in [0, 0.05) is 37.2 Å². The van der Waals surface area contributed by atoms with Crippen molar-refractivity contribution in [1.29, 1.82) is 0 Å². The van der Waals surface area contributed by atoms with Crippen LogP contribution in [0.4, 0.5) is 4.39 Å². The van der Waals surface area contributed by atoms with E-state index in [0.29, 0.717) is 38.2 Å². The second-order valence-electron chi connectivity index (χ2n) is 5.97. The maximum absolute atomic E-state index is 14.0. The fourth-order valence-corrected chi connectivity index (χ4v) is 7.24. The summed E-state index contributed by atoms with van der Waals surface area (Å²) in [5, 5.41) is 0.767. The van der Waals surface area contributed by atoms with Crippen molar-refractivity contribution in [2.45, 2.75) is 30.4 Å². The van der Waals surface area contributed by atoms with Gasteiger partial charge in [-0.25, -0.2) is 4.39 Å². The van der Waals surface area contributed by atoms with Crippen molar-refractivity contribution in [3.05, 3.63) is 27.0 Å². The van der Waals surface area contributed by atoms with Crippen LogP contribution in [0.3, 0.4) is 0 Å². The van der Waals surface area contributed by atoms with Crippen LogP contribution in [0, 0.1) is 0 Å². The highest BCUT2D eigenvalue weighted by molar-refractivity contribution is 9.10. The van der Waals surface area contributed by atoms with Gasteiger partial charge in [-0.1, -0.05) is 0 Å². The minimum atomic E-state index is -1.49. The molecule has 4 unspecified atom stereocenters. The molecule has 0 saturated carbocycles. The molecule has 1 aromatic carbocycles. The van der Waals surface area contributed by atoms with E-state index in [1.54, 1.807) is 12.1 Å². The number of carbonyl (C=O) groups is 1. The predicted octanol–water partition coefficient (Wildman–Crippen LogP) is 4.00. The van der Waals surface area contributed by atoms with E-state index < -0.39 is 31.4 Å². The average Bonchev–Trinajstić information content (AvgIpc) is 3.18. The highest BCUT2D eigenvalue weighted by Crippen LogP contribution is 2.48. The fraction of sp³-hybridized carbons (Fsp3) is 0.438. The molecule has 1 fully saturated rings. The smallest absolute Gasteiger partial charge is 0.248 e. The van der Waals surface area contributed by atoms with Crippen LogP contribution in [-0.2, 0) is 10.8 Å². The number of carbonyl (C=O) groups excluding carboxylic acids is 1. The van der Waals surface area contributed by atoms with Crippen molar-refractivity contribution < 1.29 is 23.0 Å². The molecule has 4 atom stereocenters. The van der Waals surface area contributed by atoms with E-state index in [1.807, 2.05) is 0 Å². The van der Waals surface area contributed by atoms with E-state index in [2.05, 4.69) is 15.9 Å². The Balaban J connectivity index is 1.91. The molecule has 1 aliphatic heterocycles. The number of thiophene rings is 1. The van der Waals surface area contributed by atoms with Gasteiger partial charge in [-0.2, -0.15) is 0 Å². The largest absolute Gasteiger partial charge is 0.492 e. The van der Waals surface area contributed by atoms with Crippen molar-refractivity contribution in [2.24, 2.45) is 5.73 Å². The van der Waals surface area contributed by atoms with Crippen molar-refractivity contribution >= 4 is 62.9 Å². The lowest BCUT2D eigenvalue weighted by atomic mass is 10.1. The lowest BCUT2D eigenvalue weighted by Gasteiger charge is -2.11. The zero-order valence-electron chi connectivity index (χ0n) is 13.7. The fourth-order valence-electron chi connectivity index (χ4n) is 2.96. The number of alkyl halides is 1. The van der Waals surface area contributed by atoms with Gasteiger partial charge in [-0.15, -0.1) is 11.3 Å². The van der Waals surface area contributed by atoms with Gasteiger partial charge in [0.2, 0.25) is 5.91 Å². The highest BCUT2D eigenvalue weighted by atomic mass is 79.9. The molecule has 3 rings (SSSR count). The molecule has 1 aliphatic rings. The van der Waals surface area contributed by atoms with Crippen LogP contribution < -0.4 is 10.5 Å². The molecule has 2 aromatic rings. The van der Waals surface area contributed by atoms with E-state index in [4.69, 9.17) is 15.4 Å². The summed E-state index contributed by atoms with van der Waals surface area (Å²) >= 11 is 4.53. The van der Waals surface area contributed by atoms with E-state index in [1.165, 1.54) is 11.3 Å². The summed E-state index contributed by atoms with van der Waals surface area (Å²) in [6.07, 6.45) is 2.57. The Labute approximate surface area is 166 Å². The molecule has 3 N–H and O–H groups in total.